The van der Waals surface area contributed by atoms with Gasteiger partial charge < -0.3 is 15.0 Å². The maximum atomic E-state index is 13.3. The number of anilines is 2. The van der Waals surface area contributed by atoms with Crippen LogP contribution in [0.3, 0.4) is 0 Å². The van der Waals surface area contributed by atoms with Crippen LogP contribution in [0, 0.1) is 0 Å². The van der Waals surface area contributed by atoms with Gasteiger partial charge >= 0.3 is 6.36 Å². The Kier molecular flexibility index (Phi) is 6.13. The maximum Gasteiger partial charge on any atom is 0.573 e. The third-order valence-corrected chi connectivity index (χ3v) is 6.18. The van der Waals surface area contributed by atoms with E-state index in [9.17, 15) is 18.0 Å². The minimum absolute atomic E-state index is 0.0301. The summed E-state index contributed by atoms with van der Waals surface area (Å²) in [5.74, 6) is -0.0210. The summed E-state index contributed by atoms with van der Waals surface area (Å²) >= 11 is 0. The van der Waals surface area contributed by atoms with Crippen molar-refractivity contribution in [1.82, 2.24) is 9.78 Å². The average molecular weight is 493 g/mol. The molecule has 0 unspecified atom stereocenters. The molecule has 1 aliphatic heterocycles. The molecular weight excluding hydrogens is 469 g/mol. The molecule has 0 fully saturated rings. The number of halogens is 3. The molecule has 3 aromatic carbocycles. The zero-order valence-corrected chi connectivity index (χ0v) is 19.3. The van der Waals surface area contributed by atoms with Crippen molar-refractivity contribution < 1.29 is 22.7 Å². The molecule has 1 aliphatic rings. The fourth-order valence-electron chi connectivity index (χ4n) is 4.42. The SMILES string of the molecule is CN(C(=O)c1cc2n(n1)[C@H](c1ccccc1)C[C@H](c1ccccc1)N2)c1ccc(OC(F)(F)F)cc1. The maximum absolute atomic E-state index is 13.3. The highest BCUT2D eigenvalue weighted by Gasteiger charge is 2.32. The Morgan fingerprint density at radius 2 is 1.58 bits per heavy atom. The molecule has 1 aromatic heterocycles. The van der Waals surface area contributed by atoms with E-state index < -0.39 is 6.36 Å². The van der Waals surface area contributed by atoms with Gasteiger partial charge in [-0.25, -0.2) is 4.68 Å². The van der Waals surface area contributed by atoms with Crippen molar-refractivity contribution in [1.29, 1.82) is 0 Å². The van der Waals surface area contributed by atoms with Crippen LogP contribution in [-0.4, -0.2) is 29.1 Å². The lowest BCUT2D eigenvalue weighted by atomic mass is 9.93. The lowest BCUT2D eigenvalue weighted by Crippen LogP contribution is -2.28. The fraction of sp³-hybridized carbons (Fsp3) is 0.185. The minimum atomic E-state index is -4.78. The number of hydrogen-bond donors (Lipinski definition) is 1. The Hall–Kier alpha value is -4.27. The third-order valence-electron chi connectivity index (χ3n) is 6.18. The van der Waals surface area contributed by atoms with E-state index in [2.05, 4.69) is 27.3 Å². The third kappa shape index (κ3) is 4.91. The van der Waals surface area contributed by atoms with Crippen molar-refractivity contribution in [2.75, 3.05) is 17.3 Å². The largest absolute Gasteiger partial charge is 0.573 e. The second-order valence-electron chi connectivity index (χ2n) is 8.54. The van der Waals surface area contributed by atoms with Crippen molar-refractivity contribution in [3.63, 3.8) is 0 Å². The molecule has 0 saturated carbocycles. The van der Waals surface area contributed by atoms with Gasteiger partial charge in [0.1, 0.15) is 11.6 Å². The van der Waals surface area contributed by atoms with Gasteiger partial charge in [0.25, 0.3) is 5.91 Å². The smallest absolute Gasteiger partial charge is 0.406 e. The minimum Gasteiger partial charge on any atom is -0.406 e. The highest BCUT2D eigenvalue weighted by molar-refractivity contribution is 6.04. The number of hydrogen-bond acceptors (Lipinski definition) is 4. The molecule has 1 amide bonds. The Labute approximate surface area is 205 Å². The van der Waals surface area contributed by atoms with E-state index in [0.717, 1.165) is 23.4 Å². The Balaban J connectivity index is 1.43. The molecule has 5 rings (SSSR count). The molecule has 1 N–H and O–H groups in total. The van der Waals surface area contributed by atoms with Gasteiger partial charge in [0.05, 0.1) is 12.1 Å². The van der Waals surface area contributed by atoms with Crippen LogP contribution in [0.25, 0.3) is 0 Å². The van der Waals surface area contributed by atoms with E-state index in [-0.39, 0.29) is 29.4 Å². The number of alkyl halides is 3. The molecule has 0 saturated heterocycles. The van der Waals surface area contributed by atoms with Crippen LogP contribution >= 0.6 is 0 Å². The molecule has 0 radical (unpaired) electrons. The fourth-order valence-corrected chi connectivity index (χ4v) is 4.42. The summed E-state index contributed by atoms with van der Waals surface area (Å²) in [6, 6.07) is 26.9. The summed E-state index contributed by atoms with van der Waals surface area (Å²) in [5.41, 5.74) is 2.86. The van der Waals surface area contributed by atoms with Gasteiger partial charge in [-0.3, -0.25) is 4.79 Å². The number of carbonyl (C=O) groups is 1. The number of carbonyl (C=O) groups excluding carboxylic acids is 1. The van der Waals surface area contributed by atoms with Crippen LogP contribution in [0.4, 0.5) is 24.7 Å². The first-order chi connectivity index (χ1) is 17.3. The van der Waals surface area contributed by atoms with E-state index in [1.807, 2.05) is 53.2 Å². The predicted molar refractivity (Wildman–Crippen MR) is 130 cm³/mol. The molecule has 4 aromatic rings. The molecule has 9 heteroatoms. The number of nitrogens with one attached hydrogen (secondary N) is 1. The highest BCUT2D eigenvalue weighted by atomic mass is 19.4. The van der Waals surface area contributed by atoms with Gasteiger partial charge in [-0.2, -0.15) is 5.10 Å². The summed E-state index contributed by atoms with van der Waals surface area (Å²) in [6.07, 6.45) is -4.04. The van der Waals surface area contributed by atoms with E-state index in [1.165, 1.54) is 29.2 Å². The number of nitrogens with zero attached hydrogens (tertiary/aromatic N) is 3. The van der Waals surface area contributed by atoms with Crippen LogP contribution in [0.15, 0.2) is 91.0 Å². The van der Waals surface area contributed by atoms with Crippen molar-refractivity contribution in [2.45, 2.75) is 24.9 Å². The van der Waals surface area contributed by atoms with Crippen LogP contribution in [0.1, 0.15) is 40.1 Å². The topological polar surface area (TPSA) is 59.4 Å². The van der Waals surface area contributed by atoms with Crippen LogP contribution in [-0.2, 0) is 0 Å². The van der Waals surface area contributed by atoms with E-state index in [1.54, 1.807) is 13.1 Å². The molecule has 0 aliphatic carbocycles. The van der Waals surface area contributed by atoms with Crippen molar-refractivity contribution in [2.24, 2.45) is 0 Å². The number of benzene rings is 3. The molecule has 2 heterocycles. The van der Waals surface area contributed by atoms with Gasteiger partial charge in [0.15, 0.2) is 5.69 Å². The van der Waals surface area contributed by atoms with Gasteiger partial charge in [0.2, 0.25) is 0 Å². The summed E-state index contributed by atoms with van der Waals surface area (Å²) in [4.78, 5) is 14.6. The lowest BCUT2D eigenvalue weighted by Gasteiger charge is -2.32. The monoisotopic (exact) mass is 492 g/mol. The lowest BCUT2D eigenvalue weighted by molar-refractivity contribution is -0.274. The first-order valence-corrected chi connectivity index (χ1v) is 11.4. The Morgan fingerprint density at radius 3 is 2.19 bits per heavy atom. The summed E-state index contributed by atoms with van der Waals surface area (Å²) < 4.78 is 43.1. The van der Waals surface area contributed by atoms with Crippen LogP contribution < -0.4 is 15.0 Å². The highest BCUT2D eigenvalue weighted by Crippen LogP contribution is 2.39. The zero-order chi connectivity index (χ0) is 25.3. The van der Waals surface area contributed by atoms with Crippen molar-refractivity contribution in [3.8, 4) is 5.75 Å². The number of fused-ring (bicyclic) bond motifs is 1. The van der Waals surface area contributed by atoms with Gasteiger partial charge in [0, 0.05) is 18.8 Å². The van der Waals surface area contributed by atoms with E-state index in [4.69, 9.17) is 0 Å². The van der Waals surface area contributed by atoms with Crippen molar-refractivity contribution in [3.05, 3.63) is 108 Å². The van der Waals surface area contributed by atoms with E-state index >= 15 is 0 Å². The number of amides is 1. The van der Waals surface area contributed by atoms with Gasteiger partial charge in [-0.1, -0.05) is 60.7 Å². The molecule has 0 spiro atoms. The number of ether oxygens (including phenoxy) is 1. The van der Waals surface area contributed by atoms with E-state index in [0.29, 0.717) is 5.69 Å². The zero-order valence-electron chi connectivity index (χ0n) is 19.3. The summed E-state index contributed by atoms with van der Waals surface area (Å²) in [5, 5.41) is 8.14. The number of rotatable bonds is 5. The second-order valence-corrected chi connectivity index (χ2v) is 8.54. The summed E-state index contributed by atoms with van der Waals surface area (Å²) in [7, 11) is 1.55. The van der Waals surface area contributed by atoms with Crippen LogP contribution in [0.5, 0.6) is 5.75 Å². The molecule has 36 heavy (non-hydrogen) atoms. The van der Waals surface area contributed by atoms with Gasteiger partial charge in [-0.05, 0) is 41.8 Å². The second kappa shape index (κ2) is 9.41. The Morgan fingerprint density at radius 1 is 0.972 bits per heavy atom. The van der Waals surface area contributed by atoms with Crippen LogP contribution in [0.2, 0.25) is 0 Å². The normalized spacial score (nSPS) is 17.1. The average Bonchev–Trinajstić information content (AvgIpc) is 3.32. The number of aromatic nitrogens is 2. The molecule has 184 valence electrons. The molecular formula is C27H23F3N4O2. The first-order valence-electron chi connectivity index (χ1n) is 11.4. The summed E-state index contributed by atoms with van der Waals surface area (Å²) in [6.45, 7) is 0. The first kappa shape index (κ1) is 23.5. The molecule has 2 atom stereocenters. The quantitative estimate of drug-likeness (QED) is 0.360. The molecule has 6 nitrogen and oxygen atoms in total. The van der Waals surface area contributed by atoms with Crippen molar-refractivity contribution >= 4 is 17.4 Å². The predicted octanol–water partition coefficient (Wildman–Crippen LogP) is 6.20. The standard InChI is InChI=1S/C27H23F3N4O2/c1-33(20-12-14-21(15-13-20)36-27(28,29)30)26(35)23-17-25-31-22(18-8-4-2-5-9-18)16-24(34(25)32-23)19-10-6-3-7-11-19/h2-15,17,22,24,31H,16H2,1H3/t22-,24+/m1/s1. The molecule has 0 bridgehead atoms. The Bertz CT molecular complexity index is 1340. The van der Waals surface area contributed by atoms with Gasteiger partial charge in [-0.15, -0.1) is 13.2 Å².